The number of thiophene rings is 1. The first-order chi connectivity index (χ1) is 13.4. The van der Waals surface area contributed by atoms with E-state index in [2.05, 4.69) is 34.4 Å². The topological polar surface area (TPSA) is 85.4 Å². The molecular formula is C20H24N4O3S. The zero-order valence-corrected chi connectivity index (χ0v) is 17.5. The van der Waals surface area contributed by atoms with Gasteiger partial charge in [-0.2, -0.15) is 0 Å². The number of rotatable bonds is 7. The van der Waals surface area contributed by atoms with Crippen LogP contribution in [-0.4, -0.2) is 36.6 Å². The van der Waals surface area contributed by atoms with Gasteiger partial charge < -0.3 is 20.1 Å². The average molecular weight is 401 g/mol. The number of carbonyl (C=O) groups excluding carboxylic acids is 1. The normalized spacial score (nSPS) is 10.8. The Hall–Kier alpha value is -2.87. The molecule has 0 spiro atoms. The number of anilines is 1. The molecule has 0 atom stereocenters. The Bertz CT molecular complexity index is 1020. The monoisotopic (exact) mass is 400 g/mol. The van der Waals surface area contributed by atoms with Crippen LogP contribution >= 0.6 is 11.3 Å². The zero-order valence-electron chi connectivity index (χ0n) is 16.7. The summed E-state index contributed by atoms with van der Waals surface area (Å²) in [6.45, 7) is 6.50. The van der Waals surface area contributed by atoms with Crippen LogP contribution in [0.5, 0.6) is 11.5 Å². The number of aryl methyl sites for hydroxylation is 3. The first kappa shape index (κ1) is 19.9. The van der Waals surface area contributed by atoms with Crippen LogP contribution < -0.4 is 20.1 Å². The molecule has 0 unspecified atom stereocenters. The molecule has 0 aliphatic rings. The molecule has 1 amide bonds. The lowest BCUT2D eigenvalue weighted by Crippen LogP contribution is -2.29. The van der Waals surface area contributed by atoms with E-state index in [-0.39, 0.29) is 12.5 Å². The summed E-state index contributed by atoms with van der Waals surface area (Å²) in [6.07, 6.45) is 0. The van der Waals surface area contributed by atoms with E-state index in [1.165, 1.54) is 4.88 Å². The molecule has 28 heavy (non-hydrogen) atoms. The molecule has 3 aromatic rings. The number of nitrogens with one attached hydrogen (secondary N) is 2. The van der Waals surface area contributed by atoms with Gasteiger partial charge in [0.2, 0.25) is 5.91 Å². The third-order valence-corrected chi connectivity index (χ3v) is 5.60. The number of amides is 1. The summed E-state index contributed by atoms with van der Waals surface area (Å²) in [7, 11) is 3.18. The molecule has 7 nitrogen and oxygen atoms in total. The zero-order chi connectivity index (χ0) is 20.3. The van der Waals surface area contributed by atoms with Gasteiger partial charge in [0.15, 0.2) is 11.5 Å². The van der Waals surface area contributed by atoms with Gasteiger partial charge in [-0.1, -0.05) is 6.07 Å². The molecule has 0 radical (unpaired) electrons. The Labute approximate surface area is 168 Å². The number of carbonyl (C=O) groups is 1. The summed E-state index contributed by atoms with van der Waals surface area (Å²) in [4.78, 5) is 23.4. The van der Waals surface area contributed by atoms with Crippen molar-refractivity contribution in [2.24, 2.45) is 0 Å². The van der Waals surface area contributed by atoms with Crippen molar-refractivity contribution in [3.8, 4) is 11.5 Å². The van der Waals surface area contributed by atoms with Crippen LogP contribution in [0.1, 0.15) is 21.8 Å². The highest BCUT2D eigenvalue weighted by Crippen LogP contribution is 2.33. The molecule has 2 N–H and O–H groups in total. The molecule has 2 aromatic heterocycles. The fourth-order valence-corrected chi connectivity index (χ4v) is 3.98. The van der Waals surface area contributed by atoms with Crippen LogP contribution in [0.25, 0.3) is 10.2 Å². The maximum atomic E-state index is 12.3. The van der Waals surface area contributed by atoms with E-state index in [0.717, 1.165) is 21.3 Å². The second-order valence-electron chi connectivity index (χ2n) is 6.40. The first-order valence-electron chi connectivity index (χ1n) is 8.88. The molecule has 3 rings (SSSR count). The predicted molar refractivity (Wildman–Crippen MR) is 112 cm³/mol. The smallest absolute Gasteiger partial charge is 0.239 e. The molecule has 148 valence electrons. The molecule has 0 aliphatic heterocycles. The van der Waals surface area contributed by atoms with Crippen LogP contribution in [0.2, 0.25) is 0 Å². The van der Waals surface area contributed by atoms with Gasteiger partial charge in [0.25, 0.3) is 0 Å². The lowest BCUT2D eigenvalue weighted by atomic mass is 10.2. The Balaban J connectivity index is 1.64. The molecule has 1 aromatic carbocycles. The Morgan fingerprint density at radius 1 is 1.11 bits per heavy atom. The second-order valence-corrected chi connectivity index (χ2v) is 7.61. The van der Waals surface area contributed by atoms with Crippen molar-refractivity contribution < 1.29 is 14.3 Å². The number of methoxy groups -OCH3 is 2. The average Bonchev–Trinajstić information content (AvgIpc) is 2.97. The number of nitrogens with zero attached hydrogens (tertiary/aromatic N) is 2. The van der Waals surface area contributed by atoms with E-state index in [1.54, 1.807) is 25.6 Å². The molecular weight excluding hydrogens is 376 g/mol. The van der Waals surface area contributed by atoms with Crippen LogP contribution in [0.3, 0.4) is 0 Å². The Kier molecular flexibility index (Phi) is 5.99. The van der Waals surface area contributed by atoms with Gasteiger partial charge in [0.05, 0.1) is 26.2 Å². The highest BCUT2D eigenvalue weighted by Gasteiger charge is 2.14. The number of ether oxygens (including phenoxy) is 2. The van der Waals surface area contributed by atoms with Gasteiger partial charge >= 0.3 is 0 Å². The third kappa shape index (κ3) is 4.17. The van der Waals surface area contributed by atoms with E-state index < -0.39 is 0 Å². The van der Waals surface area contributed by atoms with Crippen molar-refractivity contribution in [3.05, 3.63) is 40.0 Å². The molecule has 2 heterocycles. The summed E-state index contributed by atoms with van der Waals surface area (Å²) in [6, 6.07) is 5.56. The third-order valence-electron chi connectivity index (χ3n) is 4.49. The van der Waals surface area contributed by atoms with Crippen molar-refractivity contribution >= 4 is 33.3 Å². The van der Waals surface area contributed by atoms with E-state index in [0.29, 0.717) is 29.7 Å². The summed E-state index contributed by atoms with van der Waals surface area (Å²) >= 11 is 1.64. The van der Waals surface area contributed by atoms with E-state index in [9.17, 15) is 4.79 Å². The molecule has 8 heteroatoms. The summed E-state index contributed by atoms with van der Waals surface area (Å²) in [5.74, 6) is 2.55. The summed E-state index contributed by atoms with van der Waals surface area (Å²) in [5, 5.41) is 7.05. The Morgan fingerprint density at radius 2 is 1.86 bits per heavy atom. The van der Waals surface area contributed by atoms with Crippen molar-refractivity contribution in [2.75, 3.05) is 26.1 Å². The van der Waals surface area contributed by atoms with Crippen LogP contribution in [0, 0.1) is 20.8 Å². The van der Waals surface area contributed by atoms with E-state index in [4.69, 9.17) is 9.47 Å². The van der Waals surface area contributed by atoms with Crippen molar-refractivity contribution in [3.63, 3.8) is 0 Å². The molecule has 0 aliphatic carbocycles. The minimum absolute atomic E-state index is 0.121. The van der Waals surface area contributed by atoms with Gasteiger partial charge in [-0.3, -0.25) is 4.79 Å². The summed E-state index contributed by atoms with van der Waals surface area (Å²) in [5.41, 5.74) is 2.07. The number of hydrogen-bond acceptors (Lipinski definition) is 7. The predicted octanol–water partition coefficient (Wildman–Crippen LogP) is 3.36. The standard InChI is InChI=1S/C20H24N4O3S/c1-11-12(2)28-20-18(11)19(23-13(3)24-20)22-10-17(25)21-9-14-6-7-15(26-4)16(8-14)27-5/h6-8H,9-10H2,1-5H3,(H,21,25)(H,22,23,24). The van der Waals surface area contributed by atoms with Crippen LogP contribution in [0.15, 0.2) is 18.2 Å². The van der Waals surface area contributed by atoms with Crippen molar-refractivity contribution in [2.45, 2.75) is 27.3 Å². The first-order valence-corrected chi connectivity index (χ1v) is 9.70. The van der Waals surface area contributed by atoms with E-state index >= 15 is 0 Å². The number of fused-ring (bicyclic) bond motifs is 1. The lowest BCUT2D eigenvalue weighted by molar-refractivity contribution is -0.119. The maximum absolute atomic E-state index is 12.3. The van der Waals surface area contributed by atoms with Gasteiger partial charge in [0.1, 0.15) is 16.5 Å². The quantitative estimate of drug-likeness (QED) is 0.633. The van der Waals surface area contributed by atoms with Crippen molar-refractivity contribution in [1.82, 2.24) is 15.3 Å². The molecule has 0 bridgehead atoms. The van der Waals surface area contributed by atoms with Gasteiger partial charge in [0, 0.05) is 11.4 Å². The van der Waals surface area contributed by atoms with Crippen molar-refractivity contribution in [1.29, 1.82) is 0 Å². The highest BCUT2D eigenvalue weighted by molar-refractivity contribution is 7.18. The highest BCUT2D eigenvalue weighted by atomic mass is 32.1. The van der Waals surface area contributed by atoms with Gasteiger partial charge in [-0.25, -0.2) is 9.97 Å². The lowest BCUT2D eigenvalue weighted by Gasteiger charge is -2.11. The fourth-order valence-electron chi connectivity index (χ4n) is 2.90. The van der Waals surface area contributed by atoms with Crippen LogP contribution in [-0.2, 0) is 11.3 Å². The van der Waals surface area contributed by atoms with Crippen LogP contribution in [0.4, 0.5) is 5.82 Å². The van der Waals surface area contributed by atoms with Gasteiger partial charge in [-0.15, -0.1) is 11.3 Å². The van der Waals surface area contributed by atoms with E-state index in [1.807, 2.05) is 25.1 Å². The summed E-state index contributed by atoms with van der Waals surface area (Å²) < 4.78 is 10.5. The maximum Gasteiger partial charge on any atom is 0.239 e. The Morgan fingerprint density at radius 3 is 2.57 bits per heavy atom. The SMILES string of the molecule is COc1ccc(CNC(=O)CNc2nc(C)nc3sc(C)c(C)c23)cc1OC. The van der Waals surface area contributed by atoms with Gasteiger partial charge in [-0.05, 0) is 44.0 Å². The molecule has 0 fully saturated rings. The second kappa shape index (κ2) is 8.43. The minimum atomic E-state index is -0.121. The minimum Gasteiger partial charge on any atom is -0.493 e. The molecule has 0 saturated carbocycles. The largest absolute Gasteiger partial charge is 0.493 e. The number of aromatic nitrogens is 2. The number of hydrogen-bond donors (Lipinski definition) is 2. The number of benzene rings is 1. The molecule has 0 saturated heterocycles. The fraction of sp³-hybridized carbons (Fsp3) is 0.350.